The van der Waals surface area contributed by atoms with Gasteiger partial charge in [-0.05, 0) is 48.1 Å². The second-order valence-corrected chi connectivity index (χ2v) is 6.52. The number of anilines is 1. The molecule has 0 radical (unpaired) electrons. The van der Waals surface area contributed by atoms with E-state index in [2.05, 4.69) is 5.32 Å². The quantitative estimate of drug-likeness (QED) is 0.604. The van der Waals surface area contributed by atoms with Crippen molar-refractivity contribution >= 4 is 58.2 Å². The third-order valence-electron chi connectivity index (χ3n) is 3.74. The van der Waals surface area contributed by atoms with Gasteiger partial charge in [0.2, 0.25) is 0 Å². The Morgan fingerprint density at radius 3 is 2.50 bits per heavy atom. The van der Waals surface area contributed by atoms with Gasteiger partial charge in [0.25, 0.3) is 5.91 Å². The molecule has 1 amide bonds. The van der Waals surface area contributed by atoms with Gasteiger partial charge in [-0.15, -0.1) is 0 Å². The average molecular weight is 409 g/mol. The molecule has 1 saturated heterocycles. The number of nitrogens with one attached hydrogen (secondary N) is 1. The Balaban J connectivity index is 1.99. The number of hydrogen-bond donors (Lipinski definition) is 1. The molecule has 0 saturated carbocycles. The van der Waals surface area contributed by atoms with Gasteiger partial charge in [-0.1, -0.05) is 35.3 Å². The van der Waals surface area contributed by atoms with Crippen LogP contribution in [0.5, 0.6) is 11.5 Å². The first-order chi connectivity index (χ1) is 12.5. The summed E-state index contributed by atoms with van der Waals surface area (Å²) in [5.41, 5.74) is 1.48. The fourth-order valence-electron chi connectivity index (χ4n) is 2.57. The molecule has 2 aromatic rings. The smallest absolute Gasteiger partial charge is 0.281 e. The Labute approximate surface area is 166 Å². The molecule has 0 aromatic heterocycles. The van der Waals surface area contributed by atoms with Crippen molar-refractivity contribution in [3.8, 4) is 11.5 Å². The normalized spacial score (nSPS) is 15.4. The van der Waals surface area contributed by atoms with Gasteiger partial charge in [0, 0.05) is 0 Å². The Bertz CT molecular complexity index is 931. The van der Waals surface area contributed by atoms with Crippen molar-refractivity contribution in [3.63, 3.8) is 0 Å². The van der Waals surface area contributed by atoms with E-state index in [0.29, 0.717) is 38.5 Å². The number of halogens is 2. The van der Waals surface area contributed by atoms with Crippen molar-refractivity contribution in [2.45, 2.75) is 0 Å². The van der Waals surface area contributed by atoms with Crippen LogP contribution in [0.4, 0.5) is 5.69 Å². The molecule has 0 aliphatic carbocycles. The maximum absolute atomic E-state index is 12.8. The van der Waals surface area contributed by atoms with Crippen LogP contribution in [0.25, 0.3) is 6.08 Å². The van der Waals surface area contributed by atoms with Gasteiger partial charge in [-0.2, -0.15) is 0 Å². The topological polar surface area (TPSA) is 50.8 Å². The lowest BCUT2D eigenvalue weighted by molar-refractivity contribution is -0.113. The number of carbonyl (C=O) groups is 1. The number of methoxy groups -OCH3 is 2. The monoisotopic (exact) mass is 408 g/mol. The van der Waals surface area contributed by atoms with Crippen LogP contribution in [0.1, 0.15) is 5.56 Å². The number of thiocarbonyl (C=S) groups is 1. The molecule has 8 heteroatoms. The first-order valence-corrected chi connectivity index (χ1v) is 8.66. The molecule has 1 aliphatic heterocycles. The fourth-order valence-corrected chi connectivity index (χ4v) is 3.38. The summed E-state index contributed by atoms with van der Waals surface area (Å²) in [6.45, 7) is 0. The Hall–Kier alpha value is -2.28. The van der Waals surface area contributed by atoms with Crippen LogP contribution in [-0.2, 0) is 4.79 Å². The fraction of sp³-hybridized carbons (Fsp3) is 0.111. The molecule has 0 atom stereocenters. The molecule has 1 aliphatic rings. The molecule has 5 nitrogen and oxygen atoms in total. The first kappa shape index (κ1) is 18.5. The van der Waals surface area contributed by atoms with E-state index >= 15 is 0 Å². The lowest BCUT2D eigenvalue weighted by Gasteiger charge is -2.15. The van der Waals surface area contributed by atoms with E-state index in [9.17, 15) is 4.79 Å². The van der Waals surface area contributed by atoms with E-state index in [0.717, 1.165) is 0 Å². The third-order valence-corrected chi connectivity index (χ3v) is 4.62. The van der Waals surface area contributed by atoms with E-state index in [4.69, 9.17) is 44.9 Å². The van der Waals surface area contributed by atoms with E-state index < -0.39 is 0 Å². The van der Waals surface area contributed by atoms with Crippen LogP contribution in [0.3, 0.4) is 0 Å². The number of hydrogen-bond acceptors (Lipinski definition) is 4. The summed E-state index contributed by atoms with van der Waals surface area (Å²) in [6, 6.07) is 10.4. The number of amides is 1. The second-order valence-electron chi connectivity index (χ2n) is 5.32. The number of para-hydroxylation sites is 1. The van der Waals surface area contributed by atoms with Crippen LogP contribution in [0, 0.1) is 0 Å². The number of ether oxygens (including phenoxy) is 2. The summed E-state index contributed by atoms with van der Waals surface area (Å²) in [4.78, 5) is 14.1. The second kappa shape index (κ2) is 7.53. The van der Waals surface area contributed by atoms with Gasteiger partial charge >= 0.3 is 0 Å². The minimum atomic E-state index is -0.311. The maximum atomic E-state index is 12.8. The van der Waals surface area contributed by atoms with Gasteiger partial charge < -0.3 is 14.8 Å². The summed E-state index contributed by atoms with van der Waals surface area (Å²) in [7, 11) is 3.02. The summed E-state index contributed by atoms with van der Waals surface area (Å²) >= 11 is 17.7. The van der Waals surface area contributed by atoms with Gasteiger partial charge in [-0.3, -0.25) is 9.69 Å². The number of carbonyl (C=O) groups excluding carboxylic acids is 1. The van der Waals surface area contributed by atoms with Crippen molar-refractivity contribution in [3.05, 3.63) is 57.7 Å². The highest BCUT2D eigenvalue weighted by molar-refractivity contribution is 7.80. The molecule has 1 fully saturated rings. The number of rotatable bonds is 4. The molecule has 0 spiro atoms. The molecule has 1 N–H and O–H groups in total. The highest BCUT2D eigenvalue weighted by Crippen LogP contribution is 2.37. The molecule has 2 aromatic carbocycles. The Morgan fingerprint density at radius 2 is 1.85 bits per heavy atom. The van der Waals surface area contributed by atoms with Gasteiger partial charge in [0.15, 0.2) is 16.6 Å². The SMILES string of the molecule is COc1cc(/C=C2\NC(=S)N(c3ccccc3Cl)C2=O)cc(Cl)c1OC. The number of nitrogens with zero attached hydrogens (tertiary/aromatic N) is 1. The van der Waals surface area contributed by atoms with E-state index in [1.54, 1.807) is 42.5 Å². The predicted molar refractivity (Wildman–Crippen MR) is 107 cm³/mol. The van der Waals surface area contributed by atoms with Crippen molar-refractivity contribution < 1.29 is 14.3 Å². The maximum Gasteiger partial charge on any atom is 0.281 e. The molecular weight excluding hydrogens is 395 g/mol. The zero-order valence-electron chi connectivity index (χ0n) is 13.9. The van der Waals surface area contributed by atoms with Crippen LogP contribution < -0.4 is 19.7 Å². The lowest BCUT2D eigenvalue weighted by Crippen LogP contribution is -2.30. The molecular formula is C18H14Cl2N2O3S. The van der Waals surface area contributed by atoms with E-state index in [1.165, 1.54) is 19.1 Å². The minimum Gasteiger partial charge on any atom is -0.493 e. The highest BCUT2D eigenvalue weighted by atomic mass is 35.5. The number of benzene rings is 2. The molecule has 1 heterocycles. The molecule has 3 rings (SSSR count). The largest absolute Gasteiger partial charge is 0.493 e. The zero-order valence-corrected chi connectivity index (χ0v) is 16.2. The average Bonchev–Trinajstić information content (AvgIpc) is 2.88. The standard InChI is InChI=1S/C18H14Cl2N2O3S/c1-24-15-9-10(7-12(20)16(15)25-2)8-13-17(23)22(18(26)21-13)14-6-4-3-5-11(14)19/h3-9H,1-2H3,(H,21,26)/b13-8-. The summed E-state index contributed by atoms with van der Waals surface area (Å²) in [6.07, 6.45) is 1.64. The van der Waals surface area contributed by atoms with Crippen LogP contribution in [0.2, 0.25) is 10.0 Å². The molecule has 134 valence electrons. The first-order valence-electron chi connectivity index (χ1n) is 7.49. The summed E-state index contributed by atoms with van der Waals surface area (Å²) in [5, 5.41) is 3.96. The van der Waals surface area contributed by atoms with E-state index in [1.807, 2.05) is 0 Å². The van der Waals surface area contributed by atoms with E-state index in [-0.39, 0.29) is 11.0 Å². The summed E-state index contributed by atoms with van der Waals surface area (Å²) < 4.78 is 10.5. The van der Waals surface area contributed by atoms with Gasteiger partial charge in [0.05, 0.1) is 30.0 Å². The van der Waals surface area contributed by atoms with Crippen LogP contribution in [0.15, 0.2) is 42.1 Å². The third kappa shape index (κ3) is 3.35. The van der Waals surface area contributed by atoms with Crippen LogP contribution in [-0.4, -0.2) is 25.2 Å². The molecule has 0 bridgehead atoms. The zero-order chi connectivity index (χ0) is 18.8. The van der Waals surface area contributed by atoms with Crippen molar-refractivity contribution in [2.24, 2.45) is 0 Å². The van der Waals surface area contributed by atoms with Gasteiger partial charge in [-0.25, -0.2) is 0 Å². The highest BCUT2D eigenvalue weighted by Gasteiger charge is 2.33. The molecule has 0 unspecified atom stereocenters. The minimum absolute atomic E-state index is 0.251. The van der Waals surface area contributed by atoms with Gasteiger partial charge in [0.1, 0.15) is 5.70 Å². The van der Waals surface area contributed by atoms with Crippen LogP contribution >= 0.6 is 35.4 Å². The Kier molecular flexibility index (Phi) is 5.36. The lowest BCUT2D eigenvalue weighted by atomic mass is 10.1. The predicted octanol–water partition coefficient (Wildman–Crippen LogP) is 4.27. The van der Waals surface area contributed by atoms with Crippen molar-refractivity contribution in [1.82, 2.24) is 5.32 Å². The summed E-state index contributed by atoms with van der Waals surface area (Å²) in [5.74, 6) is 0.576. The Morgan fingerprint density at radius 1 is 1.12 bits per heavy atom. The van der Waals surface area contributed by atoms with Crippen molar-refractivity contribution in [1.29, 1.82) is 0 Å². The molecule has 26 heavy (non-hydrogen) atoms. The van der Waals surface area contributed by atoms with Crippen molar-refractivity contribution in [2.75, 3.05) is 19.1 Å².